The van der Waals surface area contributed by atoms with Gasteiger partial charge in [0.05, 0.1) is 5.39 Å². The van der Waals surface area contributed by atoms with E-state index in [4.69, 9.17) is 0 Å². The molecule has 8 heteroatoms. The van der Waals surface area contributed by atoms with Crippen LogP contribution in [0.25, 0.3) is 11.0 Å². The normalized spacial score (nSPS) is 13.9. The van der Waals surface area contributed by atoms with Gasteiger partial charge in [-0.25, -0.2) is 4.98 Å². The lowest BCUT2D eigenvalue weighted by molar-refractivity contribution is -0.121. The van der Waals surface area contributed by atoms with Gasteiger partial charge in [0.2, 0.25) is 11.3 Å². The van der Waals surface area contributed by atoms with Gasteiger partial charge >= 0.3 is 0 Å². The van der Waals surface area contributed by atoms with Crippen LogP contribution in [0.3, 0.4) is 0 Å². The highest BCUT2D eigenvalue weighted by atomic mass is 32.2. The van der Waals surface area contributed by atoms with Crippen molar-refractivity contribution in [2.75, 3.05) is 24.6 Å². The van der Waals surface area contributed by atoms with E-state index in [-0.39, 0.29) is 29.4 Å². The Balaban J connectivity index is 1.65. The third kappa shape index (κ3) is 4.80. The number of thioether (sulfide) groups is 1. The molecule has 160 valence electrons. The average molecular weight is 437 g/mol. The first-order chi connectivity index (χ1) is 15.0. The number of fused-ring (bicyclic) bond motifs is 1. The molecule has 1 N–H and O–H groups in total. The molecule has 31 heavy (non-hydrogen) atoms. The van der Waals surface area contributed by atoms with Crippen molar-refractivity contribution < 1.29 is 9.59 Å². The van der Waals surface area contributed by atoms with Crippen LogP contribution in [-0.4, -0.2) is 50.9 Å². The molecule has 0 saturated carbocycles. The molecule has 0 aliphatic carbocycles. The number of nitrogens with one attached hydrogen (secondary N) is 1. The number of benzene rings is 1. The van der Waals surface area contributed by atoms with E-state index in [1.165, 1.54) is 6.20 Å². The molecule has 3 heterocycles. The van der Waals surface area contributed by atoms with Crippen molar-refractivity contribution in [2.45, 2.75) is 20.0 Å². The van der Waals surface area contributed by atoms with Gasteiger partial charge in [-0.3, -0.25) is 14.4 Å². The second kappa shape index (κ2) is 9.34. The number of carbonyl (C=O) groups is 2. The Morgan fingerprint density at radius 1 is 1.10 bits per heavy atom. The van der Waals surface area contributed by atoms with Crippen molar-refractivity contribution >= 4 is 34.6 Å². The minimum absolute atomic E-state index is 0.0315. The van der Waals surface area contributed by atoms with Crippen LogP contribution in [0.4, 0.5) is 0 Å². The molecule has 1 aliphatic heterocycles. The van der Waals surface area contributed by atoms with Gasteiger partial charge in [0.1, 0.15) is 17.8 Å². The fraction of sp³-hybridized carbons (Fsp3) is 0.304. The van der Waals surface area contributed by atoms with Gasteiger partial charge in [0.15, 0.2) is 0 Å². The minimum atomic E-state index is -0.341. The number of hydrogen-bond donors (Lipinski definition) is 1. The standard InChI is InChI=1S/C23H24N4O3S/c1-16-7-8-18-21(29)19(23(30)26-9-11-31-12-10-26)14-27(22(18)25-16)15-20(28)24-13-17-5-3-2-4-6-17/h2-8,14H,9-13,15H2,1H3,(H,24,28). The van der Waals surface area contributed by atoms with Gasteiger partial charge in [-0.05, 0) is 24.6 Å². The van der Waals surface area contributed by atoms with E-state index < -0.39 is 0 Å². The number of hydrogen-bond acceptors (Lipinski definition) is 5. The molecule has 2 aromatic heterocycles. The third-order valence-electron chi connectivity index (χ3n) is 5.24. The van der Waals surface area contributed by atoms with Crippen molar-refractivity contribution in [2.24, 2.45) is 0 Å². The molecular formula is C23H24N4O3S. The molecular weight excluding hydrogens is 412 g/mol. The highest BCUT2D eigenvalue weighted by molar-refractivity contribution is 7.99. The fourth-order valence-electron chi connectivity index (χ4n) is 3.58. The molecule has 1 aromatic carbocycles. The van der Waals surface area contributed by atoms with Crippen LogP contribution in [0.1, 0.15) is 21.6 Å². The molecule has 0 bridgehead atoms. The number of nitrogens with zero attached hydrogens (tertiary/aromatic N) is 3. The van der Waals surface area contributed by atoms with E-state index in [0.29, 0.717) is 30.7 Å². The number of aryl methyl sites for hydroxylation is 1. The predicted octanol–water partition coefficient (Wildman–Crippen LogP) is 2.21. The van der Waals surface area contributed by atoms with E-state index in [9.17, 15) is 14.4 Å². The van der Waals surface area contributed by atoms with Crippen LogP contribution >= 0.6 is 11.8 Å². The van der Waals surface area contributed by atoms with Crippen LogP contribution in [-0.2, 0) is 17.9 Å². The summed E-state index contributed by atoms with van der Waals surface area (Å²) >= 11 is 1.79. The SMILES string of the molecule is Cc1ccc2c(=O)c(C(=O)N3CCSCC3)cn(CC(=O)NCc3ccccc3)c2n1. The van der Waals surface area contributed by atoms with Gasteiger partial charge in [-0.15, -0.1) is 0 Å². The summed E-state index contributed by atoms with van der Waals surface area (Å²) in [5.41, 5.74) is 1.88. The Morgan fingerprint density at radius 3 is 2.58 bits per heavy atom. The summed E-state index contributed by atoms with van der Waals surface area (Å²) in [6, 6.07) is 13.1. The predicted molar refractivity (Wildman–Crippen MR) is 122 cm³/mol. The maximum absolute atomic E-state index is 13.1. The van der Waals surface area contributed by atoms with E-state index >= 15 is 0 Å². The topological polar surface area (TPSA) is 84.3 Å². The molecule has 1 fully saturated rings. The van der Waals surface area contributed by atoms with Crippen LogP contribution in [0, 0.1) is 6.92 Å². The zero-order valence-corrected chi connectivity index (χ0v) is 18.2. The van der Waals surface area contributed by atoms with E-state index in [0.717, 1.165) is 22.8 Å². The van der Waals surface area contributed by atoms with Gasteiger partial charge in [0.25, 0.3) is 5.91 Å². The number of rotatable bonds is 5. The van der Waals surface area contributed by atoms with E-state index in [1.807, 2.05) is 37.3 Å². The maximum Gasteiger partial charge on any atom is 0.259 e. The van der Waals surface area contributed by atoms with Crippen molar-refractivity contribution in [1.29, 1.82) is 0 Å². The summed E-state index contributed by atoms with van der Waals surface area (Å²) in [5, 5.41) is 3.24. The molecule has 0 atom stereocenters. The number of pyridine rings is 2. The lowest BCUT2D eigenvalue weighted by Gasteiger charge is -2.26. The highest BCUT2D eigenvalue weighted by Crippen LogP contribution is 2.15. The van der Waals surface area contributed by atoms with Crippen LogP contribution in [0.2, 0.25) is 0 Å². The summed E-state index contributed by atoms with van der Waals surface area (Å²) in [7, 11) is 0. The first kappa shape index (κ1) is 21.1. The third-order valence-corrected chi connectivity index (χ3v) is 6.18. The van der Waals surface area contributed by atoms with Crippen molar-refractivity contribution in [3.05, 3.63) is 75.7 Å². The maximum atomic E-state index is 13.1. The Kier molecular flexibility index (Phi) is 6.36. The highest BCUT2D eigenvalue weighted by Gasteiger charge is 2.23. The molecule has 1 aliphatic rings. The Bertz CT molecular complexity index is 1170. The molecule has 4 rings (SSSR count). The molecule has 3 aromatic rings. The second-order valence-corrected chi connectivity index (χ2v) is 8.72. The number of amides is 2. The quantitative estimate of drug-likeness (QED) is 0.663. The molecule has 0 spiro atoms. The fourth-order valence-corrected chi connectivity index (χ4v) is 4.48. The summed E-state index contributed by atoms with van der Waals surface area (Å²) in [5.74, 6) is 1.21. The lowest BCUT2D eigenvalue weighted by Crippen LogP contribution is -2.40. The first-order valence-corrected chi connectivity index (χ1v) is 11.4. The minimum Gasteiger partial charge on any atom is -0.350 e. The van der Waals surface area contributed by atoms with Gasteiger partial charge in [-0.2, -0.15) is 11.8 Å². The summed E-state index contributed by atoms with van der Waals surface area (Å²) in [4.78, 5) is 45.0. The van der Waals surface area contributed by atoms with E-state index in [1.54, 1.807) is 33.4 Å². The average Bonchev–Trinajstić information content (AvgIpc) is 2.80. The first-order valence-electron chi connectivity index (χ1n) is 10.2. The molecule has 0 unspecified atom stereocenters. The van der Waals surface area contributed by atoms with Gasteiger partial charge in [-0.1, -0.05) is 30.3 Å². The van der Waals surface area contributed by atoms with Crippen molar-refractivity contribution in [3.63, 3.8) is 0 Å². The monoisotopic (exact) mass is 436 g/mol. The van der Waals surface area contributed by atoms with Crippen LogP contribution < -0.4 is 10.7 Å². The zero-order chi connectivity index (χ0) is 21.8. The molecule has 7 nitrogen and oxygen atoms in total. The largest absolute Gasteiger partial charge is 0.350 e. The summed E-state index contributed by atoms with van der Waals surface area (Å²) in [6.45, 7) is 3.43. The van der Waals surface area contributed by atoms with Gasteiger partial charge in [0, 0.05) is 43.0 Å². The Morgan fingerprint density at radius 2 is 1.84 bits per heavy atom. The second-order valence-electron chi connectivity index (χ2n) is 7.49. The zero-order valence-electron chi connectivity index (χ0n) is 17.3. The Labute approximate surface area is 184 Å². The van der Waals surface area contributed by atoms with Crippen LogP contribution in [0.15, 0.2) is 53.5 Å². The van der Waals surface area contributed by atoms with Crippen molar-refractivity contribution in [3.8, 4) is 0 Å². The summed E-state index contributed by atoms with van der Waals surface area (Å²) < 4.78 is 1.61. The molecule has 2 amide bonds. The Hall–Kier alpha value is -3.13. The number of aromatic nitrogens is 2. The lowest BCUT2D eigenvalue weighted by atomic mass is 10.1. The summed E-state index contributed by atoms with van der Waals surface area (Å²) in [6.07, 6.45) is 1.49. The van der Waals surface area contributed by atoms with Gasteiger partial charge < -0.3 is 14.8 Å². The molecule has 1 saturated heterocycles. The number of carbonyl (C=O) groups excluding carboxylic acids is 2. The smallest absolute Gasteiger partial charge is 0.259 e. The van der Waals surface area contributed by atoms with Crippen LogP contribution in [0.5, 0.6) is 0 Å². The van der Waals surface area contributed by atoms with E-state index in [2.05, 4.69) is 10.3 Å². The van der Waals surface area contributed by atoms with Crippen molar-refractivity contribution in [1.82, 2.24) is 19.8 Å². The molecule has 0 radical (unpaired) electrons.